The van der Waals surface area contributed by atoms with Gasteiger partial charge in [0.25, 0.3) is 0 Å². The zero-order chi connectivity index (χ0) is 20.2. The zero-order valence-electron chi connectivity index (χ0n) is 16.3. The number of amides is 1. The number of nitriles is 1. The van der Waals surface area contributed by atoms with Gasteiger partial charge in [0.2, 0.25) is 0 Å². The number of Topliss-reactive ketones (excluding diaryl/α,β-unsaturated/α-hetero) is 1. The molecule has 5 heteroatoms. The minimum absolute atomic E-state index is 0.0127. The average molecular weight is 388 g/mol. The van der Waals surface area contributed by atoms with Gasteiger partial charge in [-0.25, -0.2) is 4.79 Å². The van der Waals surface area contributed by atoms with Gasteiger partial charge in [-0.3, -0.25) is 4.79 Å². The molecule has 0 radical (unpaired) electrons. The first kappa shape index (κ1) is 19.2. The molecule has 29 heavy (non-hydrogen) atoms. The fraction of sp³-hybridized carbons (Fsp3) is 0.375. The molecule has 5 nitrogen and oxygen atoms in total. The van der Waals surface area contributed by atoms with Gasteiger partial charge in [0.1, 0.15) is 12.4 Å². The second-order valence-corrected chi connectivity index (χ2v) is 7.95. The molecule has 0 N–H and O–H groups in total. The van der Waals surface area contributed by atoms with Crippen LogP contribution in [0.2, 0.25) is 0 Å². The minimum Gasteiger partial charge on any atom is -0.445 e. The van der Waals surface area contributed by atoms with Crippen LogP contribution in [0.15, 0.2) is 54.6 Å². The summed E-state index contributed by atoms with van der Waals surface area (Å²) < 4.78 is 5.54. The van der Waals surface area contributed by atoms with E-state index in [1.165, 1.54) is 0 Å². The van der Waals surface area contributed by atoms with Crippen LogP contribution < -0.4 is 0 Å². The van der Waals surface area contributed by atoms with Crippen LogP contribution in [-0.4, -0.2) is 28.9 Å². The quantitative estimate of drug-likeness (QED) is 0.768. The number of ketones is 1. The maximum atomic E-state index is 12.8. The van der Waals surface area contributed by atoms with Crippen LogP contribution >= 0.6 is 0 Å². The number of hydrogen-bond donors (Lipinski definition) is 0. The van der Waals surface area contributed by atoms with Gasteiger partial charge < -0.3 is 9.64 Å². The minimum atomic E-state index is -0.264. The van der Waals surface area contributed by atoms with Crippen molar-refractivity contribution in [1.82, 2.24) is 4.90 Å². The lowest BCUT2D eigenvalue weighted by atomic mass is 9.85. The van der Waals surface area contributed by atoms with Crippen LogP contribution in [0.25, 0.3) is 0 Å². The first-order valence-electron chi connectivity index (χ1n) is 10.1. The highest BCUT2D eigenvalue weighted by molar-refractivity contribution is 5.84. The Labute approximate surface area is 170 Å². The van der Waals surface area contributed by atoms with Gasteiger partial charge >= 0.3 is 6.09 Å². The Bertz CT molecular complexity index is 903. The lowest BCUT2D eigenvalue weighted by Crippen LogP contribution is -2.48. The summed E-state index contributed by atoms with van der Waals surface area (Å²) in [5.41, 5.74) is 2.51. The smallest absolute Gasteiger partial charge is 0.410 e. The Hall–Kier alpha value is -3.13. The highest BCUT2D eigenvalue weighted by Crippen LogP contribution is 2.39. The van der Waals surface area contributed by atoms with E-state index in [1.54, 1.807) is 12.1 Å². The van der Waals surface area contributed by atoms with Gasteiger partial charge in [-0.2, -0.15) is 5.26 Å². The maximum Gasteiger partial charge on any atom is 0.410 e. The van der Waals surface area contributed by atoms with Crippen molar-refractivity contribution in [2.24, 2.45) is 5.92 Å². The number of fused-ring (bicyclic) bond motifs is 2. The molecular weight excluding hydrogens is 364 g/mol. The molecule has 0 aliphatic carbocycles. The Morgan fingerprint density at radius 3 is 2.24 bits per heavy atom. The Kier molecular flexibility index (Phi) is 5.62. The monoisotopic (exact) mass is 388 g/mol. The zero-order valence-corrected chi connectivity index (χ0v) is 16.3. The number of piperidine rings is 1. The van der Waals surface area contributed by atoms with E-state index < -0.39 is 0 Å². The van der Waals surface area contributed by atoms with E-state index in [1.807, 2.05) is 47.4 Å². The second kappa shape index (κ2) is 8.48. The third-order valence-electron chi connectivity index (χ3n) is 6.07. The van der Waals surface area contributed by atoms with Crippen molar-refractivity contribution < 1.29 is 14.3 Å². The second-order valence-electron chi connectivity index (χ2n) is 7.95. The molecule has 2 aromatic rings. The Morgan fingerprint density at radius 1 is 0.966 bits per heavy atom. The highest BCUT2D eigenvalue weighted by atomic mass is 16.6. The van der Waals surface area contributed by atoms with Crippen LogP contribution in [-0.2, 0) is 22.6 Å². The number of ether oxygens (including phenoxy) is 1. The topological polar surface area (TPSA) is 70.4 Å². The molecule has 2 atom stereocenters. The number of carbonyl (C=O) groups is 2. The summed E-state index contributed by atoms with van der Waals surface area (Å²) in [6, 6.07) is 19.1. The first-order valence-corrected chi connectivity index (χ1v) is 10.1. The number of nitrogens with zero attached hydrogens (tertiary/aromatic N) is 2. The summed E-state index contributed by atoms with van der Waals surface area (Å²) in [6.07, 6.45) is 3.42. The summed E-state index contributed by atoms with van der Waals surface area (Å²) in [6.45, 7) is 0.274. The van der Waals surface area contributed by atoms with Gasteiger partial charge in [-0.05, 0) is 48.9 Å². The SMILES string of the molecule is N#Cc1ccc(CC(=O)C2CC3CCC(C2)N3C(=O)OCc2ccccc2)cc1. The molecule has 0 aromatic heterocycles. The van der Waals surface area contributed by atoms with Crippen molar-refractivity contribution in [1.29, 1.82) is 5.26 Å². The molecule has 2 aliphatic heterocycles. The number of rotatable bonds is 5. The predicted octanol–water partition coefficient (Wildman–Crippen LogP) is 4.25. The van der Waals surface area contributed by atoms with Crippen LogP contribution in [0.1, 0.15) is 42.4 Å². The van der Waals surface area contributed by atoms with Gasteiger partial charge in [0.15, 0.2) is 0 Å². The fourth-order valence-electron chi connectivity index (χ4n) is 4.57. The van der Waals surface area contributed by atoms with E-state index in [9.17, 15) is 9.59 Å². The highest BCUT2D eigenvalue weighted by Gasteiger charge is 2.45. The van der Waals surface area contributed by atoms with Crippen LogP contribution in [0.5, 0.6) is 0 Å². The van der Waals surface area contributed by atoms with Crippen LogP contribution in [0, 0.1) is 17.2 Å². The molecule has 1 amide bonds. The third-order valence-corrected chi connectivity index (χ3v) is 6.07. The number of benzene rings is 2. The normalized spacial score (nSPS) is 22.7. The molecule has 2 heterocycles. The summed E-state index contributed by atoms with van der Waals surface area (Å²) in [5.74, 6) is 0.213. The van der Waals surface area contributed by atoms with E-state index >= 15 is 0 Å². The molecule has 2 saturated heterocycles. The van der Waals surface area contributed by atoms with E-state index in [0.717, 1.165) is 24.0 Å². The lowest BCUT2D eigenvalue weighted by Gasteiger charge is -2.37. The van der Waals surface area contributed by atoms with Crippen molar-refractivity contribution in [3.05, 3.63) is 71.3 Å². The summed E-state index contributed by atoms with van der Waals surface area (Å²) in [7, 11) is 0. The first-order chi connectivity index (χ1) is 14.1. The molecule has 4 rings (SSSR count). The van der Waals surface area contributed by atoms with Crippen molar-refractivity contribution >= 4 is 11.9 Å². The van der Waals surface area contributed by atoms with E-state index in [4.69, 9.17) is 10.00 Å². The van der Waals surface area contributed by atoms with Crippen molar-refractivity contribution in [2.75, 3.05) is 0 Å². The van der Waals surface area contributed by atoms with E-state index in [2.05, 4.69) is 6.07 Å². The summed E-state index contributed by atoms with van der Waals surface area (Å²) in [5, 5.41) is 8.89. The molecule has 2 aliphatic rings. The summed E-state index contributed by atoms with van der Waals surface area (Å²) >= 11 is 0. The number of carbonyl (C=O) groups excluding carboxylic acids is 2. The van der Waals surface area contributed by atoms with E-state index in [0.29, 0.717) is 24.8 Å². The van der Waals surface area contributed by atoms with Crippen molar-refractivity contribution in [2.45, 2.75) is 50.8 Å². The van der Waals surface area contributed by atoms with Crippen molar-refractivity contribution in [3.8, 4) is 6.07 Å². The molecule has 2 bridgehead atoms. The maximum absolute atomic E-state index is 12.8. The van der Waals surface area contributed by atoms with Gasteiger partial charge in [-0.1, -0.05) is 42.5 Å². The number of hydrogen-bond acceptors (Lipinski definition) is 4. The van der Waals surface area contributed by atoms with Gasteiger partial charge in [-0.15, -0.1) is 0 Å². The van der Waals surface area contributed by atoms with Crippen molar-refractivity contribution in [3.63, 3.8) is 0 Å². The molecule has 0 saturated carbocycles. The average Bonchev–Trinajstić information content (AvgIpc) is 3.02. The Morgan fingerprint density at radius 2 is 1.62 bits per heavy atom. The molecular formula is C24H24N2O3. The molecule has 2 aromatic carbocycles. The van der Waals surface area contributed by atoms with Crippen LogP contribution in [0.4, 0.5) is 4.79 Å². The van der Waals surface area contributed by atoms with Gasteiger partial charge in [0.05, 0.1) is 11.6 Å². The molecule has 2 fully saturated rings. The molecule has 148 valence electrons. The summed E-state index contributed by atoms with van der Waals surface area (Å²) in [4.78, 5) is 27.4. The standard InChI is InChI=1S/C24H24N2O3/c25-15-18-8-6-17(7-9-18)12-23(27)20-13-21-10-11-22(14-20)26(21)24(28)29-16-19-4-2-1-3-5-19/h1-9,20-22H,10-14,16H2. The van der Waals surface area contributed by atoms with E-state index in [-0.39, 0.29) is 36.5 Å². The predicted molar refractivity (Wildman–Crippen MR) is 108 cm³/mol. The lowest BCUT2D eigenvalue weighted by molar-refractivity contribution is -0.124. The molecule has 2 unspecified atom stereocenters. The largest absolute Gasteiger partial charge is 0.445 e. The van der Waals surface area contributed by atoms with Gasteiger partial charge in [0, 0.05) is 24.4 Å². The third kappa shape index (κ3) is 4.32. The van der Waals surface area contributed by atoms with Crippen LogP contribution in [0.3, 0.4) is 0 Å². The fourth-order valence-corrected chi connectivity index (χ4v) is 4.57. The Balaban J connectivity index is 1.33. The molecule has 0 spiro atoms.